The Labute approximate surface area is 186 Å². The zero-order valence-electron chi connectivity index (χ0n) is 14.5. The molecule has 0 amide bonds. The lowest BCUT2D eigenvalue weighted by atomic mass is 10.1. The van der Waals surface area contributed by atoms with Crippen LogP contribution < -0.4 is 9.47 Å². The summed E-state index contributed by atoms with van der Waals surface area (Å²) in [6, 6.07) is 3.72. The maximum atomic E-state index is 12.9. The fraction of sp³-hybridized carbons (Fsp3) is 0.222. The third-order valence-corrected chi connectivity index (χ3v) is 4.36. The summed E-state index contributed by atoms with van der Waals surface area (Å²) < 4.78 is 88.2. The summed E-state index contributed by atoms with van der Waals surface area (Å²) in [6.45, 7) is -0.642. The largest absolute Gasteiger partial charge is 0.489 e. The summed E-state index contributed by atoms with van der Waals surface area (Å²) in [6.07, 6.45) is -8.59. The molecular formula is C18H10Cl4F6O2. The minimum absolute atomic E-state index is 0.000349. The number of hydrogen-bond acceptors (Lipinski definition) is 2. The number of alkyl halides is 6. The molecule has 2 nitrogen and oxygen atoms in total. The van der Waals surface area contributed by atoms with Crippen molar-refractivity contribution in [1.29, 1.82) is 0 Å². The van der Waals surface area contributed by atoms with Crippen molar-refractivity contribution < 1.29 is 35.8 Å². The van der Waals surface area contributed by atoms with Crippen molar-refractivity contribution >= 4 is 46.4 Å². The average Bonchev–Trinajstić information content (AvgIpc) is 2.59. The van der Waals surface area contributed by atoms with Crippen LogP contribution in [0.25, 0.3) is 0 Å². The van der Waals surface area contributed by atoms with Crippen LogP contribution in [0.5, 0.6) is 11.5 Å². The smallest absolute Gasteiger partial charge is 0.416 e. The van der Waals surface area contributed by atoms with E-state index in [1.807, 2.05) is 0 Å². The average molecular weight is 514 g/mol. The molecule has 2 aromatic carbocycles. The maximum Gasteiger partial charge on any atom is 0.416 e. The van der Waals surface area contributed by atoms with Crippen molar-refractivity contribution in [2.75, 3.05) is 6.61 Å². The molecule has 164 valence electrons. The van der Waals surface area contributed by atoms with E-state index in [4.69, 9.17) is 55.9 Å². The van der Waals surface area contributed by atoms with Gasteiger partial charge in [0.05, 0.1) is 21.2 Å². The summed E-state index contributed by atoms with van der Waals surface area (Å²) in [4.78, 5) is 0. The number of ether oxygens (including phenoxy) is 2. The quantitative estimate of drug-likeness (QED) is 0.361. The van der Waals surface area contributed by atoms with Gasteiger partial charge in [0.2, 0.25) is 0 Å². The van der Waals surface area contributed by atoms with E-state index in [0.717, 1.165) is 0 Å². The molecule has 0 bridgehead atoms. The highest BCUT2D eigenvalue weighted by Crippen LogP contribution is 2.39. The molecule has 0 aliphatic carbocycles. The topological polar surface area (TPSA) is 18.5 Å². The van der Waals surface area contributed by atoms with Gasteiger partial charge in [-0.1, -0.05) is 46.4 Å². The fourth-order valence-electron chi connectivity index (χ4n) is 2.22. The molecule has 0 spiro atoms. The molecule has 0 unspecified atom stereocenters. The van der Waals surface area contributed by atoms with Crippen LogP contribution in [0.15, 0.2) is 40.9 Å². The summed E-state index contributed by atoms with van der Waals surface area (Å²) in [5.74, 6) is 0.0733. The van der Waals surface area contributed by atoms with Crippen molar-refractivity contribution in [3.8, 4) is 11.5 Å². The molecule has 30 heavy (non-hydrogen) atoms. The molecule has 2 aromatic rings. The Hall–Kier alpha value is -1.48. The van der Waals surface area contributed by atoms with Gasteiger partial charge in [-0.15, -0.1) is 0 Å². The van der Waals surface area contributed by atoms with Crippen molar-refractivity contribution in [1.82, 2.24) is 0 Å². The summed E-state index contributed by atoms with van der Waals surface area (Å²) in [5.41, 5.74) is -3.28. The molecule has 0 aliphatic heterocycles. The van der Waals surface area contributed by atoms with Crippen LogP contribution in [0.3, 0.4) is 0 Å². The van der Waals surface area contributed by atoms with Gasteiger partial charge in [-0.05, 0) is 29.8 Å². The Balaban J connectivity index is 2.25. The monoisotopic (exact) mass is 512 g/mol. The Morgan fingerprint density at radius 1 is 0.800 bits per heavy atom. The van der Waals surface area contributed by atoms with E-state index >= 15 is 0 Å². The molecule has 0 heterocycles. The van der Waals surface area contributed by atoms with Gasteiger partial charge in [-0.25, -0.2) is 0 Å². The summed E-state index contributed by atoms with van der Waals surface area (Å²) >= 11 is 23.0. The zero-order chi connectivity index (χ0) is 22.7. The second kappa shape index (κ2) is 9.77. The minimum atomic E-state index is -4.97. The summed E-state index contributed by atoms with van der Waals surface area (Å²) in [7, 11) is 0. The Morgan fingerprint density at radius 2 is 1.30 bits per heavy atom. The minimum Gasteiger partial charge on any atom is -0.489 e. The third kappa shape index (κ3) is 7.04. The first-order valence-corrected chi connectivity index (χ1v) is 9.32. The molecule has 12 heteroatoms. The van der Waals surface area contributed by atoms with Gasteiger partial charge in [-0.3, -0.25) is 0 Å². The van der Waals surface area contributed by atoms with Crippen LogP contribution in [0.1, 0.15) is 16.7 Å². The number of benzene rings is 2. The number of hydrogen-bond donors (Lipinski definition) is 0. The second-order valence-electron chi connectivity index (χ2n) is 5.72. The van der Waals surface area contributed by atoms with E-state index in [9.17, 15) is 26.3 Å². The van der Waals surface area contributed by atoms with Crippen LogP contribution in [0.4, 0.5) is 26.3 Å². The lowest BCUT2D eigenvalue weighted by molar-refractivity contribution is -0.143. The van der Waals surface area contributed by atoms with Crippen LogP contribution >= 0.6 is 46.4 Å². The molecule has 0 N–H and O–H groups in total. The molecule has 2 rings (SSSR count). The van der Waals surface area contributed by atoms with Crippen LogP contribution in [-0.2, 0) is 19.0 Å². The van der Waals surface area contributed by atoms with Crippen molar-refractivity contribution in [2.24, 2.45) is 0 Å². The van der Waals surface area contributed by atoms with Gasteiger partial charge >= 0.3 is 12.4 Å². The third-order valence-electron chi connectivity index (χ3n) is 3.49. The lowest BCUT2D eigenvalue weighted by Crippen LogP contribution is -2.12. The molecule has 0 saturated heterocycles. The molecule has 0 radical (unpaired) electrons. The number of rotatable bonds is 6. The van der Waals surface area contributed by atoms with E-state index in [-0.39, 0.29) is 44.3 Å². The van der Waals surface area contributed by atoms with Gasteiger partial charge < -0.3 is 9.47 Å². The predicted octanol–water partition coefficient (Wildman–Crippen LogP) is 8.31. The van der Waals surface area contributed by atoms with Crippen LogP contribution in [-0.4, -0.2) is 6.61 Å². The van der Waals surface area contributed by atoms with Gasteiger partial charge in [0, 0.05) is 12.1 Å². The zero-order valence-corrected chi connectivity index (χ0v) is 17.5. The SMILES string of the molecule is FC(F)(F)c1cc(COc2c(Cl)cc(OCC=C(Cl)Cl)cc2Cl)cc(C(F)(F)F)c1. The number of halogens is 10. The molecule has 0 fully saturated rings. The highest BCUT2D eigenvalue weighted by molar-refractivity contribution is 6.55. The molecule has 0 aliphatic rings. The van der Waals surface area contributed by atoms with E-state index in [1.54, 1.807) is 0 Å². The van der Waals surface area contributed by atoms with Gasteiger partial charge in [-0.2, -0.15) is 26.3 Å². The first kappa shape index (κ1) is 24.8. The second-order valence-corrected chi connectivity index (χ2v) is 7.55. The molecule has 0 atom stereocenters. The van der Waals surface area contributed by atoms with Crippen LogP contribution in [0, 0.1) is 0 Å². The Bertz CT molecular complexity index is 882. The highest BCUT2D eigenvalue weighted by atomic mass is 35.5. The first-order valence-electron chi connectivity index (χ1n) is 7.81. The lowest BCUT2D eigenvalue weighted by Gasteiger charge is -2.16. The highest BCUT2D eigenvalue weighted by Gasteiger charge is 2.36. The molecule has 0 saturated carbocycles. The Kier molecular flexibility index (Phi) is 8.07. The van der Waals surface area contributed by atoms with Crippen LogP contribution in [0.2, 0.25) is 10.0 Å². The molecule has 0 aromatic heterocycles. The summed E-state index contributed by atoms with van der Waals surface area (Å²) in [5, 5.41) is -0.136. The van der Waals surface area contributed by atoms with Gasteiger partial charge in [0.25, 0.3) is 0 Å². The van der Waals surface area contributed by atoms with Crippen molar-refractivity contribution in [3.63, 3.8) is 0 Å². The van der Waals surface area contributed by atoms with E-state index in [0.29, 0.717) is 12.1 Å². The standard InChI is InChI=1S/C18H10Cl4F6O2/c19-13-6-12(29-2-1-15(21)22)7-14(20)16(13)30-8-9-3-10(17(23,24)25)5-11(4-9)18(26,27)28/h1,3-7H,2,8H2. The van der Waals surface area contributed by atoms with Crippen molar-refractivity contribution in [3.05, 3.63) is 67.6 Å². The van der Waals surface area contributed by atoms with Crippen molar-refractivity contribution in [2.45, 2.75) is 19.0 Å². The van der Waals surface area contributed by atoms with Gasteiger partial charge in [0.15, 0.2) is 5.75 Å². The van der Waals surface area contributed by atoms with E-state index in [1.165, 1.54) is 18.2 Å². The maximum absolute atomic E-state index is 12.9. The molecular weight excluding hydrogens is 504 g/mol. The normalized spacial score (nSPS) is 11.9. The fourth-order valence-corrected chi connectivity index (χ4v) is 2.92. The van der Waals surface area contributed by atoms with Gasteiger partial charge in [0.1, 0.15) is 23.5 Å². The Morgan fingerprint density at radius 3 is 1.73 bits per heavy atom. The van der Waals surface area contributed by atoms with E-state index in [2.05, 4.69) is 0 Å². The first-order chi connectivity index (χ1) is 13.8. The van der Waals surface area contributed by atoms with E-state index < -0.39 is 30.1 Å². The predicted molar refractivity (Wildman–Crippen MR) is 103 cm³/mol.